The molecule has 2 aliphatic heterocycles. The second-order valence-corrected chi connectivity index (χ2v) is 14.1. The van der Waals surface area contributed by atoms with Crippen molar-refractivity contribution >= 4 is 69.3 Å². The molecule has 0 spiro atoms. The summed E-state index contributed by atoms with van der Waals surface area (Å²) in [4.78, 5) is 36.7. The Balaban J connectivity index is 2.46. The highest BCUT2D eigenvalue weighted by Gasteiger charge is 2.59. The fourth-order valence-electron chi connectivity index (χ4n) is 2.37. The van der Waals surface area contributed by atoms with Gasteiger partial charge in [-0.15, -0.1) is 0 Å². The van der Waals surface area contributed by atoms with Gasteiger partial charge in [0.05, 0.1) is 10.8 Å². The second-order valence-electron chi connectivity index (χ2n) is 6.01. The fourth-order valence-corrected chi connectivity index (χ4v) is 6.90. The van der Waals surface area contributed by atoms with Crippen LogP contribution >= 0.6 is 31.9 Å². The van der Waals surface area contributed by atoms with Crippen molar-refractivity contribution < 1.29 is 23.0 Å². The molecule has 7 nitrogen and oxygen atoms in total. The molecule has 2 amide bonds. The van der Waals surface area contributed by atoms with Gasteiger partial charge >= 0.3 is 5.97 Å². The quantitative estimate of drug-likeness (QED) is 0.267. The summed E-state index contributed by atoms with van der Waals surface area (Å²) in [5, 5.41) is 1.86. The highest BCUT2D eigenvalue weighted by molar-refractivity contribution is 9.11. The summed E-state index contributed by atoms with van der Waals surface area (Å²) in [6.07, 6.45) is 0.393. The molecule has 0 aromatic carbocycles. The standard InChI is InChI=1S/C12H16Br2N2O5SSi/c1-23(2,3)21-12(19)8-6(4-13)9(14)22(20)11-7(15-5-17)10(18)16(8)11/h5,7,9,11H,4H2,1-3H3,(H,15,17)/t7?,9?,11-,22?/m1/s1. The van der Waals surface area contributed by atoms with Gasteiger partial charge in [0, 0.05) is 5.33 Å². The number of carbonyl (C=O) groups is 3. The minimum Gasteiger partial charge on any atom is -0.515 e. The van der Waals surface area contributed by atoms with Gasteiger partial charge in [-0.3, -0.25) is 18.7 Å². The van der Waals surface area contributed by atoms with E-state index in [2.05, 4.69) is 37.2 Å². The van der Waals surface area contributed by atoms with Crippen LogP contribution < -0.4 is 5.32 Å². The Bertz CT molecular complexity index is 621. The summed E-state index contributed by atoms with van der Waals surface area (Å²) in [5.41, 5.74) is 0.616. The molecule has 4 atom stereocenters. The highest BCUT2D eigenvalue weighted by atomic mass is 79.9. The van der Waals surface area contributed by atoms with Crippen LogP contribution in [-0.2, 0) is 29.6 Å². The monoisotopic (exact) mass is 486 g/mol. The largest absolute Gasteiger partial charge is 0.515 e. The first-order valence-corrected chi connectivity index (χ1v) is 13.4. The van der Waals surface area contributed by atoms with Crippen molar-refractivity contribution in [3.05, 3.63) is 11.3 Å². The molecule has 1 fully saturated rings. The Hall–Kier alpha value is -0.523. The van der Waals surface area contributed by atoms with E-state index in [1.54, 1.807) is 0 Å². The molecule has 0 aliphatic carbocycles. The van der Waals surface area contributed by atoms with E-state index in [0.717, 1.165) is 0 Å². The van der Waals surface area contributed by atoms with Crippen molar-refractivity contribution in [2.24, 2.45) is 0 Å². The number of rotatable bonds is 5. The van der Waals surface area contributed by atoms with E-state index >= 15 is 0 Å². The zero-order chi connectivity index (χ0) is 17.5. The first kappa shape index (κ1) is 18.8. The van der Waals surface area contributed by atoms with Crippen molar-refractivity contribution in [2.75, 3.05) is 5.33 Å². The zero-order valence-electron chi connectivity index (χ0n) is 12.7. The molecule has 0 aromatic heterocycles. The molecule has 11 heteroatoms. The molecule has 1 N–H and O–H groups in total. The Morgan fingerprint density at radius 1 is 1.48 bits per heavy atom. The number of alkyl halides is 2. The number of hydrogen-bond donors (Lipinski definition) is 1. The number of halogens is 2. The zero-order valence-corrected chi connectivity index (χ0v) is 17.7. The van der Waals surface area contributed by atoms with E-state index in [0.29, 0.717) is 12.0 Å². The lowest BCUT2D eigenvalue weighted by Crippen LogP contribution is -2.73. The molecular weight excluding hydrogens is 472 g/mol. The Morgan fingerprint density at radius 3 is 2.57 bits per heavy atom. The van der Waals surface area contributed by atoms with Gasteiger partial charge in [0.25, 0.3) is 5.91 Å². The maximum Gasteiger partial charge on any atom is 0.341 e. The van der Waals surface area contributed by atoms with Gasteiger partial charge in [-0.05, 0) is 25.2 Å². The minimum atomic E-state index is -2.17. The van der Waals surface area contributed by atoms with Crippen molar-refractivity contribution in [3.8, 4) is 0 Å². The van der Waals surface area contributed by atoms with Crippen LogP contribution in [0, 0.1) is 0 Å². The van der Waals surface area contributed by atoms with E-state index in [4.69, 9.17) is 4.43 Å². The highest BCUT2D eigenvalue weighted by Crippen LogP contribution is 2.41. The summed E-state index contributed by atoms with van der Waals surface area (Å²) in [6, 6.07) is -0.889. The van der Waals surface area contributed by atoms with Crippen LogP contribution in [-0.4, -0.2) is 56.6 Å². The average molecular weight is 488 g/mol. The van der Waals surface area contributed by atoms with Gasteiger partial charge < -0.3 is 9.74 Å². The van der Waals surface area contributed by atoms with E-state index in [1.807, 2.05) is 19.6 Å². The number of carbonyl (C=O) groups excluding carboxylic acids is 3. The molecule has 0 bridgehead atoms. The average Bonchev–Trinajstić information content (AvgIpc) is 2.45. The maximum absolute atomic E-state index is 12.6. The Kier molecular flexibility index (Phi) is 5.54. The summed E-state index contributed by atoms with van der Waals surface area (Å²) in [7, 11) is -3.67. The predicted octanol–water partition coefficient (Wildman–Crippen LogP) is 0.780. The van der Waals surface area contributed by atoms with E-state index < -0.39 is 46.6 Å². The normalized spacial score (nSPS) is 30.5. The molecule has 2 rings (SSSR count). The SMILES string of the molecule is C[Si](C)(C)OC(=O)C1=C(CBr)C(Br)S(=O)[C@@H]2C(NC=O)C(=O)N12. The molecule has 0 radical (unpaired) electrons. The smallest absolute Gasteiger partial charge is 0.341 e. The van der Waals surface area contributed by atoms with Crippen molar-refractivity contribution in [2.45, 2.75) is 35.2 Å². The van der Waals surface area contributed by atoms with Crippen LogP contribution in [0.25, 0.3) is 0 Å². The van der Waals surface area contributed by atoms with Crippen molar-refractivity contribution in [1.82, 2.24) is 10.2 Å². The number of β-lactam (4-membered cyclic amide) rings is 1. The molecule has 3 unspecified atom stereocenters. The predicted molar refractivity (Wildman–Crippen MR) is 94.7 cm³/mol. The summed E-state index contributed by atoms with van der Waals surface area (Å²) >= 11 is 6.61. The summed E-state index contributed by atoms with van der Waals surface area (Å²) in [6.45, 7) is 5.58. The molecule has 0 aromatic rings. The molecule has 1 saturated heterocycles. The van der Waals surface area contributed by atoms with Gasteiger partial charge in [-0.25, -0.2) is 4.79 Å². The summed E-state index contributed by atoms with van der Waals surface area (Å²) < 4.78 is 17.5. The molecule has 128 valence electrons. The van der Waals surface area contributed by atoms with E-state index in [-0.39, 0.29) is 11.0 Å². The van der Waals surface area contributed by atoms with Crippen LogP contribution in [0.15, 0.2) is 11.3 Å². The molecule has 23 heavy (non-hydrogen) atoms. The number of hydrogen-bond acceptors (Lipinski definition) is 5. The van der Waals surface area contributed by atoms with Gasteiger partial charge in [-0.2, -0.15) is 0 Å². The maximum atomic E-state index is 12.6. The third kappa shape index (κ3) is 3.33. The summed E-state index contributed by atoms with van der Waals surface area (Å²) in [5.74, 6) is -1.06. The topological polar surface area (TPSA) is 92.8 Å². The van der Waals surface area contributed by atoms with Crippen LogP contribution in [0.2, 0.25) is 19.6 Å². The van der Waals surface area contributed by atoms with Crippen LogP contribution in [0.4, 0.5) is 0 Å². The van der Waals surface area contributed by atoms with Crippen molar-refractivity contribution in [1.29, 1.82) is 0 Å². The van der Waals surface area contributed by atoms with E-state index in [1.165, 1.54) is 4.90 Å². The third-order valence-corrected chi connectivity index (χ3v) is 8.00. The molecule has 0 saturated carbocycles. The van der Waals surface area contributed by atoms with Gasteiger partial charge in [0.1, 0.15) is 21.3 Å². The van der Waals surface area contributed by atoms with Crippen LogP contribution in [0.3, 0.4) is 0 Å². The van der Waals surface area contributed by atoms with Crippen LogP contribution in [0.1, 0.15) is 0 Å². The van der Waals surface area contributed by atoms with Gasteiger partial charge in [0.2, 0.25) is 14.7 Å². The lowest BCUT2D eigenvalue weighted by atomic mass is 10.0. The number of nitrogens with one attached hydrogen (secondary N) is 1. The van der Waals surface area contributed by atoms with Gasteiger partial charge in [-0.1, -0.05) is 31.9 Å². The first-order valence-electron chi connectivity index (χ1n) is 6.72. The Labute approximate surface area is 154 Å². The number of fused-ring (bicyclic) bond motifs is 1. The third-order valence-electron chi connectivity index (χ3n) is 3.29. The van der Waals surface area contributed by atoms with E-state index in [9.17, 15) is 18.6 Å². The minimum absolute atomic E-state index is 0.115. The van der Waals surface area contributed by atoms with Crippen LogP contribution in [0.5, 0.6) is 0 Å². The van der Waals surface area contributed by atoms with Crippen molar-refractivity contribution in [3.63, 3.8) is 0 Å². The number of nitrogens with zero attached hydrogens (tertiary/aromatic N) is 1. The van der Waals surface area contributed by atoms with Gasteiger partial charge in [0.15, 0.2) is 0 Å². The first-order chi connectivity index (χ1) is 10.6. The molecule has 2 aliphatic rings. The second kappa shape index (κ2) is 6.77. The fraction of sp³-hybridized carbons (Fsp3) is 0.583. The number of amides is 2. The molecular formula is C12H16Br2N2O5SSi. The lowest BCUT2D eigenvalue weighted by molar-refractivity contribution is -0.149. The lowest BCUT2D eigenvalue weighted by Gasteiger charge is -2.50. The Morgan fingerprint density at radius 2 is 2.09 bits per heavy atom. The molecule has 2 heterocycles.